The topological polar surface area (TPSA) is 45.0 Å². The molecular formula is C16H24N2O. The Labute approximate surface area is 116 Å². The van der Waals surface area contributed by atoms with E-state index in [0.717, 1.165) is 12.3 Å². The molecule has 104 valence electrons. The van der Waals surface area contributed by atoms with Crippen molar-refractivity contribution in [2.24, 2.45) is 5.41 Å². The van der Waals surface area contributed by atoms with Crippen LogP contribution in [0.1, 0.15) is 36.1 Å². The van der Waals surface area contributed by atoms with E-state index in [1.54, 1.807) is 7.11 Å². The average molecular weight is 260 g/mol. The molecule has 0 amide bonds. The van der Waals surface area contributed by atoms with Crippen molar-refractivity contribution in [3.05, 3.63) is 28.3 Å². The van der Waals surface area contributed by atoms with Crippen LogP contribution in [0.25, 0.3) is 0 Å². The lowest BCUT2D eigenvalue weighted by Gasteiger charge is -2.20. The van der Waals surface area contributed by atoms with Crippen LogP contribution in [0.4, 0.5) is 0 Å². The Morgan fingerprint density at radius 1 is 1.26 bits per heavy atom. The van der Waals surface area contributed by atoms with Crippen LogP contribution in [0.15, 0.2) is 6.07 Å². The summed E-state index contributed by atoms with van der Waals surface area (Å²) in [6.45, 7) is 11.5. The van der Waals surface area contributed by atoms with Crippen LogP contribution in [0.2, 0.25) is 0 Å². The molecule has 3 nitrogen and oxygen atoms in total. The number of nitriles is 1. The molecular weight excluding hydrogens is 236 g/mol. The second-order valence-corrected chi connectivity index (χ2v) is 5.75. The minimum Gasteiger partial charge on any atom is -0.496 e. The first-order valence-electron chi connectivity index (χ1n) is 6.58. The van der Waals surface area contributed by atoms with E-state index in [4.69, 9.17) is 10.00 Å². The second-order valence-electron chi connectivity index (χ2n) is 5.75. The highest BCUT2D eigenvalue weighted by atomic mass is 16.5. The normalized spacial score (nSPS) is 11.2. The summed E-state index contributed by atoms with van der Waals surface area (Å²) in [7, 11) is 1.71. The van der Waals surface area contributed by atoms with Crippen molar-refractivity contribution in [2.45, 2.75) is 41.2 Å². The van der Waals surface area contributed by atoms with Gasteiger partial charge in [-0.15, -0.1) is 0 Å². The minimum atomic E-state index is -0.346. The molecule has 0 aliphatic heterocycles. The van der Waals surface area contributed by atoms with E-state index in [-0.39, 0.29) is 5.41 Å². The van der Waals surface area contributed by atoms with Crippen LogP contribution in [-0.4, -0.2) is 13.7 Å². The molecule has 1 rings (SSSR count). The zero-order chi connectivity index (χ0) is 14.6. The molecule has 3 heteroatoms. The Hall–Kier alpha value is -1.53. The quantitative estimate of drug-likeness (QED) is 0.883. The Morgan fingerprint density at radius 2 is 1.89 bits per heavy atom. The Kier molecular flexibility index (Phi) is 4.97. The average Bonchev–Trinajstić information content (AvgIpc) is 2.35. The number of ether oxygens (including phenoxy) is 1. The van der Waals surface area contributed by atoms with Crippen molar-refractivity contribution in [3.63, 3.8) is 0 Å². The Bertz CT molecular complexity index is 498. The fraction of sp³-hybridized carbons (Fsp3) is 0.562. The maximum Gasteiger partial charge on any atom is 0.126 e. The van der Waals surface area contributed by atoms with Crippen LogP contribution in [0.3, 0.4) is 0 Å². The summed E-state index contributed by atoms with van der Waals surface area (Å²) in [6.07, 6.45) is 0. The first-order chi connectivity index (χ1) is 8.82. The van der Waals surface area contributed by atoms with E-state index in [1.807, 2.05) is 13.8 Å². The summed E-state index contributed by atoms with van der Waals surface area (Å²) in [5.41, 5.74) is 4.49. The van der Waals surface area contributed by atoms with Gasteiger partial charge in [0.15, 0.2) is 0 Å². The van der Waals surface area contributed by atoms with Crippen molar-refractivity contribution < 1.29 is 4.74 Å². The summed E-state index contributed by atoms with van der Waals surface area (Å²) in [6, 6.07) is 4.48. The molecule has 0 unspecified atom stereocenters. The summed E-state index contributed by atoms with van der Waals surface area (Å²) >= 11 is 0. The van der Waals surface area contributed by atoms with Crippen molar-refractivity contribution in [1.82, 2.24) is 5.32 Å². The molecule has 0 aliphatic rings. The van der Waals surface area contributed by atoms with Gasteiger partial charge in [-0.2, -0.15) is 5.26 Å². The molecule has 0 radical (unpaired) electrons. The molecule has 1 aromatic rings. The number of benzene rings is 1. The fourth-order valence-corrected chi connectivity index (χ4v) is 2.14. The zero-order valence-electron chi connectivity index (χ0n) is 12.8. The van der Waals surface area contributed by atoms with Crippen molar-refractivity contribution in [2.75, 3.05) is 13.7 Å². The number of nitrogens with one attached hydrogen (secondary N) is 1. The maximum atomic E-state index is 9.01. The van der Waals surface area contributed by atoms with Gasteiger partial charge in [-0.05, 0) is 51.3 Å². The standard InChI is InChI=1S/C16H24N2O/c1-11-7-12(2)14(15(19-6)13(11)3)8-18-10-16(4,5)9-17/h7,18H,8,10H2,1-6H3. The van der Waals surface area contributed by atoms with Crippen molar-refractivity contribution >= 4 is 0 Å². The Balaban J connectivity index is 2.90. The molecule has 0 spiro atoms. The third-order valence-electron chi connectivity index (χ3n) is 3.49. The predicted octanol–water partition coefficient (Wildman–Crippen LogP) is 3.26. The highest BCUT2D eigenvalue weighted by Gasteiger charge is 2.17. The van der Waals surface area contributed by atoms with E-state index in [0.29, 0.717) is 6.54 Å². The maximum absolute atomic E-state index is 9.01. The molecule has 19 heavy (non-hydrogen) atoms. The first kappa shape index (κ1) is 15.5. The smallest absolute Gasteiger partial charge is 0.126 e. The molecule has 1 aromatic carbocycles. The number of hydrogen-bond acceptors (Lipinski definition) is 3. The molecule has 0 aromatic heterocycles. The monoisotopic (exact) mass is 260 g/mol. The van der Waals surface area contributed by atoms with Crippen LogP contribution in [0, 0.1) is 37.5 Å². The van der Waals surface area contributed by atoms with E-state index >= 15 is 0 Å². The molecule has 0 saturated heterocycles. The fourth-order valence-electron chi connectivity index (χ4n) is 2.14. The lowest BCUT2D eigenvalue weighted by molar-refractivity contribution is 0.398. The minimum absolute atomic E-state index is 0.346. The summed E-state index contributed by atoms with van der Waals surface area (Å²) in [5, 5.41) is 12.4. The van der Waals surface area contributed by atoms with E-state index in [2.05, 4.69) is 38.2 Å². The van der Waals surface area contributed by atoms with Crippen LogP contribution in [0.5, 0.6) is 5.75 Å². The van der Waals surface area contributed by atoms with Crippen LogP contribution >= 0.6 is 0 Å². The third kappa shape index (κ3) is 3.71. The molecule has 0 atom stereocenters. The molecule has 0 saturated carbocycles. The number of rotatable bonds is 5. The molecule has 0 bridgehead atoms. The second kappa shape index (κ2) is 6.08. The number of methoxy groups -OCH3 is 1. The number of aryl methyl sites for hydroxylation is 2. The van der Waals surface area contributed by atoms with Gasteiger partial charge in [0.05, 0.1) is 18.6 Å². The number of hydrogen-bond donors (Lipinski definition) is 1. The van der Waals surface area contributed by atoms with E-state index in [9.17, 15) is 0 Å². The van der Waals surface area contributed by atoms with Gasteiger partial charge in [0.2, 0.25) is 0 Å². The highest BCUT2D eigenvalue weighted by Crippen LogP contribution is 2.29. The van der Waals surface area contributed by atoms with Gasteiger partial charge in [0.25, 0.3) is 0 Å². The van der Waals surface area contributed by atoms with Gasteiger partial charge in [-0.3, -0.25) is 0 Å². The van der Waals surface area contributed by atoms with Gasteiger partial charge in [-0.25, -0.2) is 0 Å². The largest absolute Gasteiger partial charge is 0.496 e. The lowest BCUT2D eigenvalue weighted by atomic mass is 9.95. The van der Waals surface area contributed by atoms with Gasteiger partial charge >= 0.3 is 0 Å². The van der Waals surface area contributed by atoms with Crippen LogP contribution < -0.4 is 10.1 Å². The molecule has 1 N–H and O–H groups in total. The first-order valence-corrected chi connectivity index (χ1v) is 6.58. The van der Waals surface area contributed by atoms with E-state index in [1.165, 1.54) is 22.3 Å². The van der Waals surface area contributed by atoms with Crippen LogP contribution in [-0.2, 0) is 6.54 Å². The SMILES string of the molecule is COc1c(C)c(C)cc(C)c1CNCC(C)(C)C#N. The van der Waals surface area contributed by atoms with Crippen molar-refractivity contribution in [3.8, 4) is 11.8 Å². The van der Waals surface area contributed by atoms with Gasteiger partial charge in [0.1, 0.15) is 5.75 Å². The summed E-state index contributed by atoms with van der Waals surface area (Å²) in [5.74, 6) is 0.958. The lowest BCUT2D eigenvalue weighted by Crippen LogP contribution is -2.28. The van der Waals surface area contributed by atoms with Crippen molar-refractivity contribution in [1.29, 1.82) is 5.26 Å². The van der Waals surface area contributed by atoms with E-state index < -0.39 is 0 Å². The highest BCUT2D eigenvalue weighted by molar-refractivity contribution is 5.49. The molecule has 0 heterocycles. The number of nitrogens with zero attached hydrogens (tertiary/aromatic N) is 1. The third-order valence-corrected chi connectivity index (χ3v) is 3.49. The van der Waals surface area contributed by atoms with Gasteiger partial charge in [0, 0.05) is 18.7 Å². The van der Waals surface area contributed by atoms with Gasteiger partial charge in [-0.1, -0.05) is 6.07 Å². The van der Waals surface area contributed by atoms with Gasteiger partial charge < -0.3 is 10.1 Å². The molecule has 0 aliphatic carbocycles. The zero-order valence-corrected chi connectivity index (χ0v) is 12.8. The molecule has 0 fully saturated rings. The predicted molar refractivity (Wildman–Crippen MR) is 78.3 cm³/mol. The summed E-state index contributed by atoms with van der Waals surface area (Å²) in [4.78, 5) is 0. The summed E-state index contributed by atoms with van der Waals surface area (Å²) < 4.78 is 5.54. The Morgan fingerprint density at radius 3 is 2.42 bits per heavy atom.